The third-order valence-electron chi connectivity index (χ3n) is 3.60. The fourth-order valence-electron chi connectivity index (χ4n) is 2.39. The Kier molecular flexibility index (Phi) is 3.06. The van der Waals surface area contributed by atoms with Crippen LogP contribution in [0.3, 0.4) is 0 Å². The van der Waals surface area contributed by atoms with Gasteiger partial charge in [0, 0.05) is 0 Å². The van der Waals surface area contributed by atoms with Gasteiger partial charge in [0.25, 0.3) is 0 Å². The van der Waals surface area contributed by atoms with Gasteiger partial charge in [-0.25, -0.2) is 0 Å². The summed E-state index contributed by atoms with van der Waals surface area (Å²) in [6.07, 6.45) is 2.49. The normalized spacial score (nSPS) is 21.8. The molecule has 0 amide bonds. The molecular weight excluding hydrogens is 204 g/mol. The minimum absolute atomic E-state index is 0.133. The molecule has 1 heteroatoms. The first-order valence-corrected chi connectivity index (χ1v) is 6.27. The molecule has 1 aromatic carbocycles. The van der Waals surface area contributed by atoms with E-state index in [0.717, 1.165) is 11.8 Å². The van der Waals surface area contributed by atoms with E-state index in [1.807, 2.05) is 6.92 Å². The third-order valence-corrected chi connectivity index (χ3v) is 3.85. The second kappa shape index (κ2) is 4.17. The largest absolute Gasteiger partial charge is 0.118 e. The van der Waals surface area contributed by atoms with Crippen LogP contribution in [0, 0.1) is 11.8 Å². The molecule has 0 aliphatic heterocycles. The molecule has 2 rings (SSSR count). The van der Waals surface area contributed by atoms with Crippen LogP contribution in [-0.2, 0) is 12.8 Å². The Morgan fingerprint density at radius 3 is 2.40 bits per heavy atom. The Bertz CT molecular complexity index is 352. The Morgan fingerprint density at radius 2 is 1.80 bits per heavy atom. The number of benzene rings is 1. The number of rotatable bonds is 2. The van der Waals surface area contributed by atoms with Crippen molar-refractivity contribution in [2.24, 2.45) is 11.8 Å². The van der Waals surface area contributed by atoms with Crippen molar-refractivity contribution in [3.8, 4) is 0 Å². The molecule has 0 saturated carbocycles. The lowest BCUT2D eigenvalue weighted by Crippen LogP contribution is -2.07. The van der Waals surface area contributed by atoms with Gasteiger partial charge in [-0.2, -0.15) is 0 Å². The van der Waals surface area contributed by atoms with E-state index in [-0.39, 0.29) is 5.38 Å². The van der Waals surface area contributed by atoms with Crippen molar-refractivity contribution in [1.29, 1.82) is 0 Å². The summed E-state index contributed by atoms with van der Waals surface area (Å²) in [6, 6.07) is 6.75. The van der Waals surface area contributed by atoms with Crippen LogP contribution in [-0.4, -0.2) is 0 Å². The molecule has 0 heterocycles. The van der Waals surface area contributed by atoms with Crippen molar-refractivity contribution in [2.75, 3.05) is 0 Å². The summed E-state index contributed by atoms with van der Waals surface area (Å²) < 4.78 is 0. The third kappa shape index (κ3) is 2.20. The maximum Gasteiger partial charge on any atom is 0.0557 e. The molecule has 1 aromatic rings. The average Bonchev–Trinajstić information content (AvgIpc) is 2.59. The number of alkyl halides is 1. The maximum atomic E-state index is 6.10. The van der Waals surface area contributed by atoms with E-state index in [1.54, 1.807) is 0 Å². The van der Waals surface area contributed by atoms with Crippen molar-refractivity contribution < 1.29 is 0 Å². The molecule has 0 saturated heterocycles. The first-order chi connectivity index (χ1) is 7.08. The van der Waals surface area contributed by atoms with Gasteiger partial charge in [0.1, 0.15) is 0 Å². The van der Waals surface area contributed by atoms with Crippen LogP contribution in [0.2, 0.25) is 0 Å². The van der Waals surface area contributed by atoms with Gasteiger partial charge in [-0.15, -0.1) is 11.6 Å². The number of fused-ring (bicyclic) bond motifs is 1. The molecule has 0 spiro atoms. The van der Waals surface area contributed by atoms with Crippen LogP contribution in [0.5, 0.6) is 0 Å². The zero-order chi connectivity index (χ0) is 11.0. The van der Waals surface area contributed by atoms with Gasteiger partial charge in [0.05, 0.1) is 5.38 Å². The molecule has 82 valence electrons. The number of hydrogen-bond acceptors (Lipinski definition) is 0. The molecule has 0 radical (unpaired) electrons. The van der Waals surface area contributed by atoms with Gasteiger partial charge < -0.3 is 0 Å². The van der Waals surface area contributed by atoms with Crippen molar-refractivity contribution in [1.82, 2.24) is 0 Å². The second-order valence-electron chi connectivity index (χ2n) is 5.06. The summed E-state index contributed by atoms with van der Waals surface area (Å²) in [5.74, 6) is 1.62. The molecule has 0 aromatic heterocycles. The predicted molar refractivity (Wildman–Crippen MR) is 66.4 cm³/mol. The van der Waals surface area contributed by atoms with Crippen molar-refractivity contribution in [2.45, 2.75) is 39.0 Å². The maximum absolute atomic E-state index is 6.10. The monoisotopic (exact) mass is 222 g/mol. The topological polar surface area (TPSA) is 0 Å². The van der Waals surface area contributed by atoms with Crippen molar-refractivity contribution in [3.63, 3.8) is 0 Å². The van der Waals surface area contributed by atoms with Gasteiger partial charge in [-0.05, 0) is 48.3 Å². The minimum atomic E-state index is 0.133. The summed E-state index contributed by atoms with van der Waals surface area (Å²) in [5.41, 5.74) is 4.33. The van der Waals surface area contributed by atoms with Gasteiger partial charge in [-0.3, -0.25) is 0 Å². The second-order valence-corrected chi connectivity index (χ2v) is 5.71. The van der Waals surface area contributed by atoms with Crippen LogP contribution >= 0.6 is 11.6 Å². The van der Waals surface area contributed by atoms with E-state index < -0.39 is 0 Å². The average molecular weight is 223 g/mol. The Morgan fingerprint density at radius 1 is 1.13 bits per heavy atom. The molecular formula is C14H19Cl. The molecule has 1 aliphatic carbocycles. The van der Waals surface area contributed by atoms with Gasteiger partial charge in [-0.1, -0.05) is 32.0 Å². The van der Waals surface area contributed by atoms with E-state index in [0.29, 0.717) is 0 Å². The van der Waals surface area contributed by atoms with Crippen molar-refractivity contribution >= 4 is 11.6 Å². The van der Waals surface area contributed by atoms with E-state index in [2.05, 4.69) is 32.0 Å². The number of hydrogen-bond donors (Lipinski definition) is 0. The quantitative estimate of drug-likeness (QED) is 0.653. The standard InChI is InChI=1S/C14H19Cl/c1-9(2)13-7-12-5-4-11(10(3)15)6-14(12)8-13/h4-6,9-10,13H,7-8H2,1-3H3/t10-,13-/m0/s1. The Labute approximate surface area is 97.6 Å². The SMILES string of the molecule is CC(C)[C@H]1Cc2ccc([C@H](C)Cl)cc2C1. The first kappa shape index (κ1) is 11.0. The Balaban J connectivity index is 2.24. The summed E-state index contributed by atoms with van der Waals surface area (Å²) in [6.45, 7) is 6.68. The molecule has 0 N–H and O–H groups in total. The summed E-state index contributed by atoms with van der Waals surface area (Å²) in [5, 5.41) is 0.133. The fourth-order valence-corrected chi connectivity index (χ4v) is 2.53. The lowest BCUT2D eigenvalue weighted by Gasteiger charge is -2.12. The molecule has 0 bridgehead atoms. The lowest BCUT2D eigenvalue weighted by molar-refractivity contribution is 0.404. The van der Waals surface area contributed by atoms with Crippen LogP contribution in [0.15, 0.2) is 18.2 Å². The first-order valence-electron chi connectivity index (χ1n) is 5.83. The van der Waals surface area contributed by atoms with Crippen LogP contribution < -0.4 is 0 Å². The van der Waals surface area contributed by atoms with E-state index >= 15 is 0 Å². The summed E-state index contributed by atoms with van der Waals surface area (Å²) >= 11 is 6.10. The fraction of sp³-hybridized carbons (Fsp3) is 0.571. The highest BCUT2D eigenvalue weighted by atomic mass is 35.5. The molecule has 1 aliphatic rings. The van der Waals surface area contributed by atoms with E-state index in [9.17, 15) is 0 Å². The molecule has 2 atom stereocenters. The van der Waals surface area contributed by atoms with E-state index in [4.69, 9.17) is 11.6 Å². The van der Waals surface area contributed by atoms with Gasteiger partial charge in [0.15, 0.2) is 0 Å². The van der Waals surface area contributed by atoms with E-state index in [1.165, 1.54) is 29.5 Å². The highest BCUT2D eigenvalue weighted by Crippen LogP contribution is 2.33. The highest BCUT2D eigenvalue weighted by molar-refractivity contribution is 6.20. The smallest absolute Gasteiger partial charge is 0.0557 e. The molecule has 0 fully saturated rings. The van der Waals surface area contributed by atoms with Crippen LogP contribution in [0.4, 0.5) is 0 Å². The highest BCUT2D eigenvalue weighted by Gasteiger charge is 2.24. The molecule has 0 unspecified atom stereocenters. The lowest BCUT2D eigenvalue weighted by atomic mass is 9.93. The molecule has 0 nitrogen and oxygen atoms in total. The Hall–Kier alpha value is -0.490. The molecule has 15 heavy (non-hydrogen) atoms. The van der Waals surface area contributed by atoms with Gasteiger partial charge >= 0.3 is 0 Å². The van der Waals surface area contributed by atoms with Crippen LogP contribution in [0.25, 0.3) is 0 Å². The predicted octanol–water partition coefficient (Wildman–Crippen LogP) is 4.36. The summed E-state index contributed by atoms with van der Waals surface area (Å²) in [4.78, 5) is 0. The minimum Gasteiger partial charge on any atom is -0.118 e. The summed E-state index contributed by atoms with van der Waals surface area (Å²) in [7, 11) is 0. The number of halogens is 1. The van der Waals surface area contributed by atoms with Gasteiger partial charge in [0.2, 0.25) is 0 Å². The van der Waals surface area contributed by atoms with Crippen molar-refractivity contribution in [3.05, 3.63) is 34.9 Å². The van der Waals surface area contributed by atoms with Crippen LogP contribution in [0.1, 0.15) is 42.8 Å². The zero-order valence-corrected chi connectivity index (χ0v) is 10.5. The zero-order valence-electron chi connectivity index (χ0n) is 9.76.